The van der Waals surface area contributed by atoms with Crippen LogP contribution in [0.25, 0.3) is 0 Å². The van der Waals surface area contributed by atoms with Crippen LogP contribution in [-0.2, 0) is 0 Å². The molecule has 76 valence electrons. The SMILES string of the molecule is Cc1cc(Br)c(O)cc1C(=O)CCN. The minimum atomic E-state index is -0.0344. The molecule has 0 aliphatic carbocycles. The standard InChI is InChI=1S/C10H12BrNO2/c1-6-4-8(11)10(14)5-7(6)9(13)2-3-12/h4-5,14H,2-3,12H2,1H3. The maximum Gasteiger partial charge on any atom is 0.164 e. The van der Waals surface area contributed by atoms with E-state index in [1.807, 2.05) is 6.92 Å². The third-order valence-electron chi connectivity index (χ3n) is 1.97. The molecule has 1 aromatic carbocycles. The van der Waals surface area contributed by atoms with Crippen LogP contribution in [0, 0.1) is 6.92 Å². The van der Waals surface area contributed by atoms with Crippen molar-refractivity contribution < 1.29 is 9.90 Å². The summed E-state index contributed by atoms with van der Waals surface area (Å²) in [4.78, 5) is 11.5. The monoisotopic (exact) mass is 257 g/mol. The molecule has 0 bridgehead atoms. The molecule has 0 amide bonds. The van der Waals surface area contributed by atoms with Gasteiger partial charge < -0.3 is 10.8 Å². The Bertz CT molecular complexity index is 363. The average molecular weight is 258 g/mol. The van der Waals surface area contributed by atoms with Crippen LogP contribution in [0.3, 0.4) is 0 Å². The number of carbonyl (C=O) groups excluding carboxylic acids is 1. The number of hydrogen-bond acceptors (Lipinski definition) is 3. The highest BCUT2D eigenvalue weighted by Crippen LogP contribution is 2.27. The van der Waals surface area contributed by atoms with E-state index in [0.29, 0.717) is 23.0 Å². The first-order valence-electron chi connectivity index (χ1n) is 4.28. The number of carbonyl (C=O) groups is 1. The van der Waals surface area contributed by atoms with Crippen molar-refractivity contribution in [1.82, 2.24) is 0 Å². The minimum absolute atomic E-state index is 0.0344. The maximum atomic E-state index is 11.5. The van der Waals surface area contributed by atoms with E-state index in [1.54, 1.807) is 6.07 Å². The van der Waals surface area contributed by atoms with Gasteiger partial charge in [-0.2, -0.15) is 0 Å². The average Bonchev–Trinajstić information content (AvgIpc) is 2.11. The van der Waals surface area contributed by atoms with E-state index in [4.69, 9.17) is 5.73 Å². The van der Waals surface area contributed by atoms with Gasteiger partial charge in [-0.05, 0) is 47.1 Å². The van der Waals surface area contributed by atoms with Gasteiger partial charge in [-0.15, -0.1) is 0 Å². The van der Waals surface area contributed by atoms with E-state index >= 15 is 0 Å². The molecule has 1 rings (SSSR count). The number of hydrogen-bond donors (Lipinski definition) is 2. The number of phenolic OH excluding ortho intramolecular Hbond substituents is 1. The van der Waals surface area contributed by atoms with E-state index in [9.17, 15) is 9.90 Å². The normalized spacial score (nSPS) is 10.2. The summed E-state index contributed by atoms with van der Waals surface area (Å²) < 4.78 is 0.597. The maximum absolute atomic E-state index is 11.5. The van der Waals surface area contributed by atoms with Gasteiger partial charge in [0.1, 0.15) is 5.75 Å². The van der Waals surface area contributed by atoms with Gasteiger partial charge in [-0.25, -0.2) is 0 Å². The third kappa shape index (κ3) is 2.33. The van der Waals surface area contributed by atoms with Crippen molar-refractivity contribution in [3.8, 4) is 5.75 Å². The quantitative estimate of drug-likeness (QED) is 0.815. The van der Waals surface area contributed by atoms with Crippen LogP contribution in [0.4, 0.5) is 0 Å². The summed E-state index contributed by atoms with van der Waals surface area (Å²) in [6.07, 6.45) is 0.307. The van der Waals surface area contributed by atoms with Gasteiger partial charge in [0.05, 0.1) is 4.47 Å². The number of aromatic hydroxyl groups is 1. The molecule has 0 saturated heterocycles. The van der Waals surface area contributed by atoms with Crippen molar-refractivity contribution in [3.05, 3.63) is 27.7 Å². The lowest BCUT2D eigenvalue weighted by atomic mass is 10.0. The highest BCUT2D eigenvalue weighted by molar-refractivity contribution is 9.10. The zero-order valence-corrected chi connectivity index (χ0v) is 9.47. The number of aryl methyl sites for hydroxylation is 1. The molecule has 0 saturated carbocycles. The Morgan fingerprint density at radius 3 is 2.79 bits per heavy atom. The van der Waals surface area contributed by atoms with E-state index in [0.717, 1.165) is 5.56 Å². The number of phenols is 1. The summed E-state index contributed by atoms with van der Waals surface area (Å²) in [5, 5.41) is 9.41. The summed E-state index contributed by atoms with van der Waals surface area (Å²) in [6.45, 7) is 2.16. The number of rotatable bonds is 3. The van der Waals surface area contributed by atoms with Crippen LogP contribution in [0.1, 0.15) is 22.3 Å². The number of nitrogens with two attached hydrogens (primary N) is 1. The Balaban J connectivity index is 3.09. The molecule has 0 aliphatic heterocycles. The molecule has 14 heavy (non-hydrogen) atoms. The van der Waals surface area contributed by atoms with Crippen LogP contribution >= 0.6 is 15.9 Å². The Morgan fingerprint density at radius 1 is 1.57 bits per heavy atom. The molecule has 0 fully saturated rings. The lowest BCUT2D eigenvalue weighted by molar-refractivity contribution is 0.0984. The second-order valence-electron chi connectivity index (χ2n) is 3.08. The number of benzene rings is 1. The van der Waals surface area contributed by atoms with E-state index < -0.39 is 0 Å². The summed E-state index contributed by atoms with van der Waals surface area (Å²) in [5.74, 6) is 0.0452. The third-order valence-corrected chi connectivity index (χ3v) is 2.60. The molecular weight excluding hydrogens is 246 g/mol. The molecule has 3 nitrogen and oxygen atoms in total. The van der Waals surface area contributed by atoms with Gasteiger partial charge in [0.25, 0.3) is 0 Å². The minimum Gasteiger partial charge on any atom is -0.507 e. The molecule has 0 aliphatic rings. The number of halogens is 1. The van der Waals surface area contributed by atoms with Crippen LogP contribution in [0.15, 0.2) is 16.6 Å². The van der Waals surface area contributed by atoms with Gasteiger partial charge in [0.15, 0.2) is 5.78 Å². The second kappa shape index (κ2) is 4.57. The Morgan fingerprint density at radius 2 is 2.21 bits per heavy atom. The van der Waals surface area contributed by atoms with Gasteiger partial charge in [-0.1, -0.05) is 0 Å². The summed E-state index contributed by atoms with van der Waals surface area (Å²) in [7, 11) is 0. The Hall–Kier alpha value is -0.870. The van der Waals surface area contributed by atoms with Crippen molar-refractivity contribution in [3.63, 3.8) is 0 Å². The lowest BCUT2D eigenvalue weighted by Crippen LogP contribution is -2.09. The predicted molar refractivity (Wildman–Crippen MR) is 58.5 cm³/mol. The molecule has 0 spiro atoms. The Labute approximate surface area is 91.1 Å². The molecule has 0 unspecified atom stereocenters. The van der Waals surface area contributed by atoms with E-state index in [2.05, 4.69) is 15.9 Å². The zero-order chi connectivity index (χ0) is 10.7. The van der Waals surface area contributed by atoms with Crippen molar-refractivity contribution in [2.75, 3.05) is 6.54 Å². The fourth-order valence-corrected chi connectivity index (χ4v) is 1.69. The molecule has 3 N–H and O–H groups in total. The second-order valence-corrected chi connectivity index (χ2v) is 3.93. The van der Waals surface area contributed by atoms with Gasteiger partial charge >= 0.3 is 0 Å². The van der Waals surface area contributed by atoms with Crippen LogP contribution in [-0.4, -0.2) is 17.4 Å². The van der Waals surface area contributed by atoms with Crippen molar-refractivity contribution in [1.29, 1.82) is 0 Å². The molecule has 1 aromatic rings. The number of Topliss-reactive ketones (excluding diaryl/α,β-unsaturated/α-hetero) is 1. The molecule has 0 radical (unpaired) electrons. The topological polar surface area (TPSA) is 63.3 Å². The van der Waals surface area contributed by atoms with Crippen molar-refractivity contribution in [2.45, 2.75) is 13.3 Å². The molecule has 0 heterocycles. The highest BCUT2D eigenvalue weighted by Gasteiger charge is 2.11. The van der Waals surface area contributed by atoms with Crippen LogP contribution in [0.5, 0.6) is 5.75 Å². The summed E-state index contributed by atoms with van der Waals surface area (Å²) in [6, 6.07) is 3.19. The fraction of sp³-hybridized carbons (Fsp3) is 0.300. The van der Waals surface area contributed by atoms with Crippen LogP contribution in [0.2, 0.25) is 0 Å². The summed E-state index contributed by atoms with van der Waals surface area (Å²) >= 11 is 3.18. The van der Waals surface area contributed by atoms with E-state index in [-0.39, 0.29) is 11.5 Å². The molecule has 0 atom stereocenters. The largest absolute Gasteiger partial charge is 0.507 e. The van der Waals surface area contributed by atoms with Gasteiger partial charge in [-0.3, -0.25) is 4.79 Å². The fourth-order valence-electron chi connectivity index (χ4n) is 1.23. The predicted octanol–water partition coefficient (Wildman–Crippen LogP) is 1.99. The Kier molecular flexibility index (Phi) is 3.66. The first-order chi connectivity index (χ1) is 6.56. The van der Waals surface area contributed by atoms with Gasteiger partial charge in [0.2, 0.25) is 0 Å². The lowest BCUT2D eigenvalue weighted by Gasteiger charge is -2.06. The first-order valence-corrected chi connectivity index (χ1v) is 5.08. The molecule has 0 aromatic heterocycles. The first kappa shape index (κ1) is 11.2. The smallest absolute Gasteiger partial charge is 0.164 e. The highest BCUT2D eigenvalue weighted by atomic mass is 79.9. The summed E-state index contributed by atoms with van der Waals surface area (Å²) in [5.41, 5.74) is 6.67. The van der Waals surface area contributed by atoms with Crippen molar-refractivity contribution >= 4 is 21.7 Å². The van der Waals surface area contributed by atoms with Crippen molar-refractivity contribution in [2.24, 2.45) is 5.73 Å². The number of ketones is 1. The van der Waals surface area contributed by atoms with Crippen LogP contribution < -0.4 is 5.73 Å². The molecule has 4 heteroatoms. The van der Waals surface area contributed by atoms with E-state index in [1.165, 1.54) is 6.07 Å². The molecular formula is C10H12BrNO2. The van der Waals surface area contributed by atoms with Gasteiger partial charge in [0, 0.05) is 12.0 Å². The zero-order valence-electron chi connectivity index (χ0n) is 7.88.